The number of carboxylic acid groups (broad SMARTS) is 1. The molecule has 0 aliphatic rings. The first-order valence-corrected chi connectivity index (χ1v) is 10.9. The highest BCUT2D eigenvalue weighted by Crippen LogP contribution is 2.15. The topological polar surface area (TPSA) is 160 Å². The number of para-hydroxylation sites is 1. The fraction of sp³-hybridized carbons (Fsp3) is 0.200. The summed E-state index contributed by atoms with van der Waals surface area (Å²) in [6.07, 6.45) is 0.270. The summed E-state index contributed by atoms with van der Waals surface area (Å²) >= 11 is 0. The van der Waals surface area contributed by atoms with Crippen LogP contribution in [0.25, 0.3) is 0 Å². The molecule has 0 radical (unpaired) electrons. The molecule has 0 saturated heterocycles. The Morgan fingerprint density at radius 1 is 1.17 bits per heavy atom. The highest BCUT2D eigenvalue weighted by molar-refractivity contribution is 5.95. The quantitative estimate of drug-likeness (QED) is 0.224. The van der Waals surface area contributed by atoms with Crippen LogP contribution in [0.15, 0.2) is 71.7 Å². The summed E-state index contributed by atoms with van der Waals surface area (Å²) in [4.78, 5) is 34.8. The van der Waals surface area contributed by atoms with E-state index >= 15 is 0 Å². The summed E-state index contributed by atoms with van der Waals surface area (Å²) in [6, 6.07) is 16.6. The van der Waals surface area contributed by atoms with Crippen LogP contribution < -0.4 is 21.9 Å². The number of aliphatic carboxylic acids is 1. The number of halogens is 1. The van der Waals surface area contributed by atoms with E-state index in [1.165, 1.54) is 22.9 Å². The molecule has 0 saturated carbocycles. The van der Waals surface area contributed by atoms with Gasteiger partial charge in [0.15, 0.2) is 0 Å². The Hall–Kier alpha value is -4.51. The second-order valence-electron chi connectivity index (χ2n) is 7.40. The Balaban J connectivity index is 0.00000106. The number of ether oxygens (including phenoxy) is 1. The first kappa shape index (κ1) is 27.7. The van der Waals surface area contributed by atoms with Gasteiger partial charge in [0.05, 0.1) is 5.56 Å². The van der Waals surface area contributed by atoms with Crippen molar-refractivity contribution in [2.45, 2.75) is 26.6 Å². The lowest BCUT2D eigenvalue weighted by Crippen LogP contribution is -2.38. The summed E-state index contributed by atoms with van der Waals surface area (Å²) < 4.78 is 20.8. The van der Waals surface area contributed by atoms with Crippen LogP contribution in [0.3, 0.4) is 0 Å². The lowest BCUT2D eigenvalue weighted by Gasteiger charge is -2.20. The zero-order chi connectivity index (χ0) is 26.7. The number of pyridine rings is 1. The minimum absolute atomic E-state index is 0.00815. The number of carboxylic acids is 1. The van der Waals surface area contributed by atoms with Gasteiger partial charge in [0.1, 0.15) is 17.3 Å². The number of aromatic nitrogens is 1. The Morgan fingerprint density at radius 3 is 2.42 bits per heavy atom. The standard InChI is InChI=1S/C23H24FN5O3.C2H4O2/c1-2-32-23(21(30)27-14-15-10-11-17(20(25)26)18(24)13-15)29-12-6-9-19(22(29)31)28-16-7-4-3-5-8-16;1-2(3)4/h3-13,23,28H,2,14H2,1H3,(H3,25,26)(H,27,30);1H3,(H,3,4). The molecule has 1 heterocycles. The van der Waals surface area contributed by atoms with Crippen molar-refractivity contribution in [2.75, 3.05) is 11.9 Å². The molecule has 0 aliphatic heterocycles. The minimum atomic E-state index is -1.20. The molecule has 1 atom stereocenters. The molecule has 2 aromatic carbocycles. The first-order chi connectivity index (χ1) is 17.1. The predicted molar refractivity (Wildman–Crippen MR) is 134 cm³/mol. The van der Waals surface area contributed by atoms with E-state index in [0.717, 1.165) is 12.6 Å². The summed E-state index contributed by atoms with van der Waals surface area (Å²) in [5, 5.41) is 20.4. The average molecular weight is 498 g/mol. The van der Waals surface area contributed by atoms with Crippen LogP contribution in [0.4, 0.5) is 15.8 Å². The van der Waals surface area contributed by atoms with Gasteiger partial charge in [0.2, 0.25) is 6.23 Å². The SMILES string of the molecule is CC(=O)O.CCOC(C(=O)NCc1ccc(C(=N)N)c(F)c1)n1cccc(Nc2ccccc2)c1=O. The lowest BCUT2D eigenvalue weighted by molar-refractivity contribution is -0.139. The van der Waals surface area contributed by atoms with Gasteiger partial charge in [-0.05, 0) is 48.9 Å². The summed E-state index contributed by atoms with van der Waals surface area (Å²) in [5.74, 6) is -2.42. The summed E-state index contributed by atoms with van der Waals surface area (Å²) in [6.45, 7) is 3.00. The van der Waals surface area contributed by atoms with Crippen LogP contribution in [0.2, 0.25) is 0 Å². The number of carbonyl (C=O) groups excluding carboxylic acids is 1. The zero-order valence-electron chi connectivity index (χ0n) is 19.8. The number of benzene rings is 2. The van der Waals surface area contributed by atoms with E-state index in [-0.39, 0.29) is 30.2 Å². The second kappa shape index (κ2) is 13.4. The smallest absolute Gasteiger partial charge is 0.300 e. The van der Waals surface area contributed by atoms with E-state index in [0.29, 0.717) is 5.56 Å². The van der Waals surface area contributed by atoms with Crippen LogP contribution in [0.1, 0.15) is 31.2 Å². The van der Waals surface area contributed by atoms with Crippen molar-refractivity contribution in [1.82, 2.24) is 9.88 Å². The molecule has 0 spiro atoms. The fourth-order valence-corrected chi connectivity index (χ4v) is 3.07. The molecule has 36 heavy (non-hydrogen) atoms. The number of rotatable bonds is 9. The highest BCUT2D eigenvalue weighted by atomic mass is 19.1. The van der Waals surface area contributed by atoms with Crippen LogP contribution >= 0.6 is 0 Å². The van der Waals surface area contributed by atoms with Gasteiger partial charge < -0.3 is 26.2 Å². The molecular formula is C25H28FN5O5. The van der Waals surface area contributed by atoms with Gasteiger partial charge in [-0.15, -0.1) is 0 Å². The molecule has 0 bridgehead atoms. The minimum Gasteiger partial charge on any atom is -0.481 e. The third kappa shape index (κ3) is 8.06. The van der Waals surface area contributed by atoms with Gasteiger partial charge in [-0.25, -0.2) is 4.39 Å². The van der Waals surface area contributed by atoms with Crippen LogP contribution in [0.5, 0.6) is 0 Å². The molecule has 1 aromatic heterocycles. The number of amidine groups is 1. The number of hydrogen-bond acceptors (Lipinski definition) is 6. The lowest BCUT2D eigenvalue weighted by atomic mass is 10.1. The number of amides is 1. The average Bonchev–Trinajstić information content (AvgIpc) is 2.83. The Morgan fingerprint density at radius 2 is 1.83 bits per heavy atom. The molecule has 1 amide bonds. The maximum absolute atomic E-state index is 14.0. The van der Waals surface area contributed by atoms with Crippen LogP contribution in [0, 0.1) is 11.2 Å². The van der Waals surface area contributed by atoms with E-state index in [1.807, 2.05) is 30.3 Å². The van der Waals surface area contributed by atoms with Crippen molar-refractivity contribution in [3.8, 4) is 0 Å². The molecule has 10 nitrogen and oxygen atoms in total. The van der Waals surface area contributed by atoms with Crippen LogP contribution in [-0.2, 0) is 20.9 Å². The third-order valence-corrected chi connectivity index (χ3v) is 4.62. The molecule has 1 unspecified atom stereocenters. The molecule has 0 aliphatic carbocycles. The largest absolute Gasteiger partial charge is 0.481 e. The monoisotopic (exact) mass is 497 g/mol. The van der Waals surface area contributed by atoms with Crippen molar-refractivity contribution in [1.29, 1.82) is 5.41 Å². The fourth-order valence-electron chi connectivity index (χ4n) is 3.07. The zero-order valence-corrected chi connectivity index (χ0v) is 19.8. The third-order valence-electron chi connectivity index (χ3n) is 4.62. The normalized spacial score (nSPS) is 11.0. The Labute approximate surface area is 207 Å². The molecular weight excluding hydrogens is 469 g/mol. The maximum atomic E-state index is 14.0. The van der Waals surface area contributed by atoms with Gasteiger partial charge in [-0.2, -0.15) is 0 Å². The molecule has 3 aromatic rings. The van der Waals surface area contributed by atoms with E-state index in [1.54, 1.807) is 25.1 Å². The number of nitrogens with one attached hydrogen (secondary N) is 3. The number of hydrogen-bond donors (Lipinski definition) is 5. The van der Waals surface area contributed by atoms with Gasteiger partial charge in [-0.1, -0.05) is 24.3 Å². The van der Waals surface area contributed by atoms with Crippen molar-refractivity contribution in [3.63, 3.8) is 0 Å². The molecule has 0 fully saturated rings. The summed E-state index contributed by atoms with van der Waals surface area (Å²) in [7, 11) is 0. The van der Waals surface area contributed by atoms with Gasteiger partial charge in [0, 0.05) is 32.0 Å². The highest BCUT2D eigenvalue weighted by Gasteiger charge is 2.22. The number of nitrogens with two attached hydrogens (primary N) is 1. The van der Waals surface area contributed by atoms with Crippen molar-refractivity contribution in [3.05, 3.63) is 94.2 Å². The molecule has 3 rings (SSSR count). The predicted octanol–water partition coefficient (Wildman–Crippen LogP) is 2.96. The van der Waals surface area contributed by atoms with E-state index in [9.17, 15) is 14.0 Å². The Kier molecular flexibility index (Phi) is 10.3. The maximum Gasteiger partial charge on any atom is 0.300 e. The Bertz CT molecular complexity index is 1260. The number of anilines is 2. The molecule has 190 valence electrons. The summed E-state index contributed by atoms with van der Waals surface area (Å²) in [5.41, 5.74) is 6.37. The van der Waals surface area contributed by atoms with Crippen molar-refractivity contribution >= 4 is 29.1 Å². The second-order valence-corrected chi connectivity index (χ2v) is 7.40. The van der Waals surface area contributed by atoms with E-state index in [2.05, 4.69) is 10.6 Å². The van der Waals surface area contributed by atoms with Gasteiger partial charge in [-0.3, -0.25) is 24.4 Å². The van der Waals surface area contributed by atoms with Gasteiger partial charge >= 0.3 is 0 Å². The van der Waals surface area contributed by atoms with Crippen LogP contribution in [-0.4, -0.2) is 34.0 Å². The number of nitrogen functional groups attached to an aromatic ring is 1. The van der Waals surface area contributed by atoms with E-state index in [4.69, 9.17) is 25.8 Å². The molecule has 6 N–H and O–H groups in total. The van der Waals surface area contributed by atoms with E-state index < -0.39 is 29.5 Å². The number of carbonyl (C=O) groups is 2. The van der Waals surface area contributed by atoms with Gasteiger partial charge in [0.25, 0.3) is 17.4 Å². The number of nitrogens with zero attached hydrogens (tertiary/aromatic N) is 1. The van der Waals surface area contributed by atoms with Crippen molar-refractivity contribution in [2.24, 2.45) is 5.73 Å². The first-order valence-electron chi connectivity index (χ1n) is 10.9. The molecule has 11 heteroatoms. The van der Waals surface area contributed by atoms with Crippen molar-refractivity contribution < 1.29 is 23.8 Å².